The van der Waals surface area contributed by atoms with E-state index in [0.717, 1.165) is 73.8 Å². The Bertz CT molecular complexity index is 1920. The average molecular weight is 603 g/mol. The Hall–Kier alpha value is -4.52. The normalized spacial score (nSPS) is 18.1. The van der Waals surface area contributed by atoms with Crippen LogP contribution in [0.2, 0.25) is 0 Å². The number of carboxylic acids is 1. The van der Waals surface area contributed by atoms with Gasteiger partial charge in [0.2, 0.25) is 5.36 Å². The summed E-state index contributed by atoms with van der Waals surface area (Å²) in [4.78, 5) is 40.6. The summed E-state index contributed by atoms with van der Waals surface area (Å²) < 4.78 is 2.40. The first-order chi connectivity index (χ1) is 21.7. The van der Waals surface area contributed by atoms with E-state index in [0.29, 0.717) is 18.5 Å². The lowest BCUT2D eigenvalue weighted by atomic mass is 9.67. The fourth-order valence-electron chi connectivity index (χ4n) is 7.96. The molecule has 7 nitrogen and oxygen atoms in total. The summed E-state index contributed by atoms with van der Waals surface area (Å²) in [6.07, 6.45) is 7.48. The van der Waals surface area contributed by atoms with Crippen molar-refractivity contribution in [1.29, 1.82) is 0 Å². The van der Waals surface area contributed by atoms with Gasteiger partial charge >= 0.3 is 5.97 Å². The summed E-state index contributed by atoms with van der Waals surface area (Å²) in [7, 11) is 0. The molecule has 0 fully saturated rings. The first-order valence-corrected chi connectivity index (χ1v) is 16.3. The largest absolute Gasteiger partial charge is 0.478 e. The number of imide groups is 1. The molecule has 0 atom stereocenters. The van der Waals surface area contributed by atoms with E-state index in [2.05, 4.69) is 54.5 Å². The summed E-state index contributed by atoms with van der Waals surface area (Å²) in [5.74, 6) is -1.39. The van der Waals surface area contributed by atoms with Crippen LogP contribution in [-0.2, 0) is 27.8 Å². The van der Waals surface area contributed by atoms with E-state index in [9.17, 15) is 19.5 Å². The van der Waals surface area contributed by atoms with Crippen LogP contribution in [0, 0.1) is 0 Å². The molecule has 3 aromatic carbocycles. The molecule has 7 rings (SSSR count). The molecular formula is C38H40N3O4+. The Labute approximate surface area is 263 Å². The fourth-order valence-corrected chi connectivity index (χ4v) is 7.96. The van der Waals surface area contributed by atoms with Gasteiger partial charge in [0.25, 0.3) is 11.8 Å². The van der Waals surface area contributed by atoms with E-state index in [4.69, 9.17) is 0 Å². The lowest BCUT2D eigenvalue weighted by molar-refractivity contribution is -0.136. The molecular weight excluding hydrogens is 562 g/mol. The number of amides is 2. The highest BCUT2D eigenvalue weighted by atomic mass is 16.4. The molecule has 4 aliphatic rings. The van der Waals surface area contributed by atoms with Crippen molar-refractivity contribution >= 4 is 29.0 Å². The number of rotatable bonds is 7. The molecule has 230 valence electrons. The van der Waals surface area contributed by atoms with Crippen LogP contribution in [-0.4, -0.2) is 60.5 Å². The minimum absolute atomic E-state index is 0.234. The second-order valence-corrected chi connectivity index (χ2v) is 13.2. The van der Waals surface area contributed by atoms with Crippen LogP contribution in [0.1, 0.15) is 83.8 Å². The molecule has 7 heteroatoms. The monoisotopic (exact) mass is 602 g/mol. The van der Waals surface area contributed by atoms with Crippen LogP contribution >= 0.6 is 0 Å². The Kier molecular flexibility index (Phi) is 7.22. The first kappa shape index (κ1) is 29.2. The van der Waals surface area contributed by atoms with Gasteiger partial charge in [0, 0.05) is 67.4 Å². The molecule has 2 amide bonds. The van der Waals surface area contributed by atoms with Crippen molar-refractivity contribution in [2.75, 3.05) is 37.6 Å². The highest BCUT2D eigenvalue weighted by molar-refractivity contribution is 6.12. The fraction of sp³-hybridized carbons (Fsp3) is 0.368. The summed E-state index contributed by atoms with van der Waals surface area (Å²) in [6, 6.07) is 16.8. The summed E-state index contributed by atoms with van der Waals surface area (Å²) in [5.41, 5.74) is 9.21. The van der Waals surface area contributed by atoms with Gasteiger partial charge in [-0.15, -0.1) is 0 Å². The number of carbonyl (C=O) groups is 3. The quantitative estimate of drug-likeness (QED) is 0.329. The van der Waals surface area contributed by atoms with Crippen LogP contribution in [0.4, 0.5) is 5.69 Å². The Morgan fingerprint density at radius 2 is 1.69 bits per heavy atom. The number of hydrogen-bond donors (Lipinski definition) is 1. The van der Waals surface area contributed by atoms with Crippen LogP contribution in [0.15, 0.2) is 60.7 Å². The average Bonchev–Trinajstić information content (AvgIpc) is 3.36. The lowest BCUT2D eigenvalue weighted by Crippen LogP contribution is -2.44. The molecule has 0 saturated carbocycles. The molecule has 3 heterocycles. The van der Waals surface area contributed by atoms with E-state index >= 15 is 0 Å². The van der Waals surface area contributed by atoms with Gasteiger partial charge in [0.05, 0.1) is 5.56 Å². The highest BCUT2D eigenvalue weighted by Gasteiger charge is 2.37. The van der Waals surface area contributed by atoms with Crippen molar-refractivity contribution in [3.05, 3.63) is 110 Å². The lowest BCUT2D eigenvalue weighted by Gasteiger charge is -2.38. The van der Waals surface area contributed by atoms with Crippen molar-refractivity contribution < 1.29 is 19.5 Å². The number of aryl methyl sites for hydroxylation is 2. The summed E-state index contributed by atoms with van der Waals surface area (Å²) in [6.45, 7) is 10.9. The zero-order valence-electron chi connectivity index (χ0n) is 26.4. The van der Waals surface area contributed by atoms with E-state index in [1.54, 1.807) is 12.1 Å². The Balaban J connectivity index is 1.45. The van der Waals surface area contributed by atoms with Crippen LogP contribution < -0.4 is 20.1 Å². The van der Waals surface area contributed by atoms with Gasteiger partial charge in [-0.2, -0.15) is 0 Å². The molecule has 3 aromatic rings. The number of hydrogen-bond acceptors (Lipinski definition) is 4. The van der Waals surface area contributed by atoms with E-state index in [1.165, 1.54) is 50.4 Å². The second-order valence-electron chi connectivity index (χ2n) is 13.2. The number of carboxylic acid groups (broad SMARTS) is 1. The molecule has 0 radical (unpaired) electrons. The maximum atomic E-state index is 12.6. The van der Waals surface area contributed by atoms with Gasteiger partial charge in [0.1, 0.15) is 13.1 Å². The minimum Gasteiger partial charge on any atom is -0.478 e. The Morgan fingerprint density at radius 1 is 0.933 bits per heavy atom. The number of anilines is 1. The smallest absolute Gasteiger partial charge is 0.336 e. The topological polar surface area (TPSA) is 80.9 Å². The molecule has 0 spiro atoms. The standard InChI is InChI=1S/C38H39N3O4/c1-4-39-16-7-10-24-20-28-30(22-32(24)39)38(2,3)31-23-33-25(21-29(31)36(28)26-12-5-6-13-27(26)37(44)45)11-8-17-40(33)18-9-19-41-34(42)14-15-35(41)43/h5-6,12-15,20-23H,4,7-11,16-19H2,1-3H3/p+1. The van der Waals surface area contributed by atoms with Crippen LogP contribution in [0.3, 0.4) is 0 Å². The third kappa shape index (κ3) is 4.80. The third-order valence-electron chi connectivity index (χ3n) is 10.3. The summed E-state index contributed by atoms with van der Waals surface area (Å²) >= 11 is 0. The van der Waals surface area contributed by atoms with Crippen LogP contribution in [0.5, 0.6) is 0 Å². The number of nitrogens with zero attached hydrogens (tertiary/aromatic N) is 3. The third-order valence-corrected chi connectivity index (χ3v) is 10.3. The van der Waals surface area contributed by atoms with Gasteiger partial charge in [-0.3, -0.25) is 14.5 Å². The number of benzene rings is 3. The maximum Gasteiger partial charge on any atom is 0.336 e. The highest BCUT2D eigenvalue weighted by Crippen LogP contribution is 2.44. The van der Waals surface area contributed by atoms with Crippen molar-refractivity contribution in [2.24, 2.45) is 0 Å². The zero-order chi connectivity index (χ0) is 31.5. The number of carbonyl (C=O) groups excluding carboxylic acids is 2. The summed E-state index contributed by atoms with van der Waals surface area (Å²) in [5, 5.41) is 12.6. The van der Waals surface area contributed by atoms with Gasteiger partial charge in [-0.1, -0.05) is 32.0 Å². The number of fused-ring (bicyclic) bond motifs is 4. The molecule has 0 unspecified atom stereocenters. The van der Waals surface area contributed by atoms with Crippen LogP contribution in [0.25, 0.3) is 5.57 Å². The molecule has 0 aromatic heterocycles. The van der Waals surface area contributed by atoms with E-state index < -0.39 is 5.97 Å². The predicted molar refractivity (Wildman–Crippen MR) is 175 cm³/mol. The zero-order valence-corrected chi connectivity index (χ0v) is 26.4. The molecule has 3 aliphatic heterocycles. The first-order valence-electron chi connectivity index (χ1n) is 16.3. The molecule has 1 aliphatic carbocycles. The van der Waals surface area contributed by atoms with Gasteiger partial charge in [-0.25, -0.2) is 9.37 Å². The van der Waals surface area contributed by atoms with Gasteiger partial charge < -0.3 is 10.0 Å². The minimum atomic E-state index is -0.921. The van der Waals surface area contributed by atoms with Crippen molar-refractivity contribution in [1.82, 2.24) is 9.48 Å². The van der Waals surface area contributed by atoms with Crippen molar-refractivity contribution in [3.63, 3.8) is 0 Å². The number of aromatic carboxylic acids is 1. The SMILES string of the molecule is CCN1CCCc2cc3c(cc21)C(C)(C)c1cc2c(cc1=C3c1ccccc1C(=O)O)CCC[N+]=2CCCN1C(=O)C=CC1=O. The molecule has 1 N–H and O–H groups in total. The van der Waals surface area contributed by atoms with E-state index in [1.807, 2.05) is 12.1 Å². The van der Waals surface area contributed by atoms with Gasteiger partial charge in [-0.05, 0) is 89.1 Å². The second kappa shape index (κ2) is 11.1. The molecule has 0 bridgehead atoms. The maximum absolute atomic E-state index is 12.6. The Morgan fingerprint density at radius 3 is 2.44 bits per heavy atom. The van der Waals surface area contributed by atoms with E-state index in [-0.39, 0.29) is 17.2 Å². The van der Waals surface area contributed by atoms with Crippen molar-refractivity contribution in [2.45, 2.75) is 58.3 Å². The molecule has 45 heavy (non-hydrogen) atoms. The molecule has 0 saturated heterocycles. The predicted octanol–water partition coefficient (Wildman–Crippen LogP) is 3.80. The van der Waals surface area contributed by atoms with Crippen molar-refractivity contribution in [3.8, 4) is 0 Å². The van der Waals surface area contributed by atoms with Gasteiger partial charge in [0.15, 0.2) is 0 Å².